The molecule has 0 aromatic carbocycles. The number of ether oxygens (including phenoxy) is 3. The second-order valence-corrected chi connectivity index (χ2v) is 22.0. The first-order valence-electron chi connectivity index (χ1n) is 33.5. The molecule has 1 atom stereocenters. The van der Waals surface area contributed by atoms with E-state index in [1.54, 1.807) is 0 Å². The van der Waals surface area contributed by atoms with Crippen LogP contribution in [0.4, 0.5) is 0 Å². The van der Waals surface area contributed by atoms with Crippen molar-refractivity contribution >= 4 is 17.9 Å². The van der Waals surface area contributed by atoms with Crippen molar-refractivity contribution in [3.05, 3.63) is 122 Å². The van der Waals surface area contributed by atoms with E-state index in [4.69, 9.17) is 14.2 Å². The van der Waals surface area contributed by atoms with Gasteiger partial charge in [-0.2, -0.15) is 0 Å². The average Bonchev–Trinajstić information content (AvgIpc) is 3.46. The molecule has 0 spiro atoms. The Labute approximate surface area is 494 Å². The van der Waals surface area contributed by atoms with Crippen molar-refractivity contribution in [3.8, 4) is 0 Å². The van der Waals surface area contributed by atoms with E-state index in [2.05, 4.69) is 142 Å². The fourth-order valence-electron chi connectivity index (χ4n) is 9.26. The molecule has 0 bridgehead atoms. The van der Waals surface area contributed by atoms with Crippen molar-refractivity contribution in [2.24, 2.45) is 0 Å². The van der Waals surface area contributed by atoms with Crippen LogP contribution in [0.25, 0.3) is 0 Å². The number of carbonyl (C=O) groups excluding carboxylic acids is 3. The molecular weight excluding hydrogens is 985 g/mol. The molecule has 0 radical (unpaired) electrons. The number of carbonyl (C=O) groups is 3. The largest absolute Gasteiger partial charge is 0.462 e. The quantitative estimate of drug-likeness (QED) is 0.0261. The number of unbranched alkanes of at least 4 members (excludes halogenated alkanes) is 29. The maximum atomic E-state index is 12.9. The molecule has 0 saturated heterocycles. The minimum atomic E-state index is -0.794. The van der Waals surface area contributed by atoms with Crippen molar-refractivity contribution in [1.29, 1.82) is 0 Å². The summed E-state index contributed by atoms with van der Waals surface area (Å²) in [6, 6.07) is 0. The van der Waals surface area contributed by atoms with Gasteiger partial charge in [0.15, 0.2) is 6.10 Å². The zero-order valence-corrected chi connectivity index (χ0v) is 52.3. The maximum Gasteiger partial charge on any atom is 0.306 e. The molecule has 0 saturated carbocycles. The zero-order chi connectivity index (χ0) is 57.8. The van der Waals surface area contributed by atoms with Gasteiger partial charge >= 0.3 is 17.9 Å². The maximum absolute atomic E-state index is 12.9. The Morgan fingerprint density at radius 2 is 0.487 bits per heavy atom. The van der Waals surface area contributed by atoms with Gasteiger partial charge < -0.3 is 14.2 Å². The van der Waals surface area contributed by atoms with Crippen molar-refractivity contribution < 1.29 is 28.6 Å². The molecule has 0 aliphatic heterocycles. The SMILES string of the molecule is CC/C=C\C/C=C\C/C=C\C/C=C\C/C=C\C/C=C\CCCCCCC(=O)OC(COC(=O)CCCCCCCCCCCCCC)COC(=O)CCCCCCCCCCCCCCCC/C=C\C/C=C\C/C=C\C/C=C\CC. The molecular formula is C74H124O6. The Balaban J connectivity index is 4.33. The summed E-state index contributed by atoms with van der Waals surface area (Å²) in [5.74, 6) is -0.904. The van der Waals surface area contributed by atoms with Crippen molar-refractivity contribution in [2.75, 3.05) is 13.2 Å². The summed E-state index contributed by atoms with van der Waals surface area (Å²) in [6.45, 7) is 6.41. The molecule has 0 amide bonds. The lowest BCUT2D eigenvalue weighted by molar-refractivity contribution is -0.167. The van der Waals surface area contributed by atoms with Crippen LogP contribution in [0, 0.1) is 0 Å². The minimum Gasteiger partial charge on any atom is -0.462 e. The van der Waals surface area contributed by atoms with Crippen LogP contribution in [0.15, 0.2) is 122 Å². The highest BCUT2D eigenvalue weighted by Crippen LogP contribution is 2.16. The fourth-order valence-corrected chi connectivity index (χ4v) is 9.26. The van der Waals surface area contributed by atoms with E-state index in [1.165, 1.54) is 135 Å². The van der Waals surface area contributed by atoms with Crippen LogP contribution in [0.5, 0.6) is 0 Å². The van der Waals surface area contributed by atoms with Gasteiger partial charge in [-0.25, -0.2) is 0 Å². The van der Waals surface area contributed by atoms with Gasteiger partial charge in [0.2, 0.25) is 0 Å². The molecule has 6 nitrogen and oxygen atoms in total. The van der Waals surface area contributed by atoms with Crippen LogP contribution < -0.4 is 0 Å². The first-order valence-corrected chi connectivity index (χ1v) is 33.5. The number of hydrogen-bond acceptors (Lipinski definition) is 6. The van der Waals surface area contributed by atoms with E-state index >= 15 is 0 Å². The molecule has 1 unspecified atom stereocenters. The molecule has 0 aromatic rings. The molecule has 456 valence electrons. The summed E-state index contributed by atoms with van der Waals surface area (Å²) in [6.07, 6.45) is 93.5. The number of esters is 3. The lowest BCUT2D eigenvalue weighted by Gasteiger charge is -2.18. The Bertz CT molecular complexity index is 1650. The second-order valence-electron chi connectivity index (χ2n) is 22.0. The molecule has 0 aromatic heterocycles. The third-order valence-corrected chi connectivity index (χ3v) is 14.2. The van der Waals surface area contributed by atoms with E-state index in [9.17, 15) is 14.4 Å². The molecule has 0 aliphatic carbocycles. The Morgan fingerprint density at radius 3 is 0.762 bits per heavy atom. The molecule has 0 N–H and O–H groups in total. The summed E-state index contributed by atoms with van der Waals surface area (Å²) in [5, 5.41) is 0. The lowest BCUT2D eigenvalue weighted by Crippen LogP contribution is -2.30. The summed E-state index contributed by atoms with van der Waals surface area (Å²) in [4.78, 5) is 38.4. The van der Waals surface area contributed by atoms with Crippen LogP contribution in [0.1, 0.15) is 310 Å². The highest BCUT2D eigenvalue weighted by atomic mass is 16.6. The van der Waals surface area contributed by atoms with Crippen LogP contribution in [0.3, 0.4) is 0 Å². The van der Waals surface area contributed by atoms with Gasteiger partial charge in [0, 0.05) is 19.3 Å². The molecule has 0 aliphatic rings. The summed E-state index contributed by atoms with van der Waals surface area (Å²) in [7, 11) is 0. The van der Waals surface area contributed by atoms with Crippen LogP contribution in [-0.2, 0) is 28.6 Å². The minimum absolute atomic E-state index is 0.0875. The summed E-state index contributed by atoms with van der Waals surface area (Å²) < 4.78 is 16.9. The predicted octanol–water partition coefficient (Wildman–Crippen LogP) is 23.2. The van der Waals surface area contributed by atoms with E-state index in [1.807, 2.05) is 0 Å². The Morgan fingerprint density at radius 1 is 0.263 bits per heavy atom. The molecule has 0 rings (SSSR count). The van der Waals surface area contributed by atoms with Gasteiger partial charge in [0.05, 0.1) is 0 Å². The van der Waals surface area contributed by atoms with Gasteiger partial charge in [-0.1, -0.05) is 303 Å². The van der Waals surface area contributed by atoms with Crippen LogP contribution in [-0.4, -0.2) is 37.2 Å². The van der Waals surface area contributed by atoms with E-state index < -0.39 is 6.10 Å². The average molecular weight is 1110 g/mol. The first kappa shape index (κ1) is 75.8. The van der Waals surface area contributed by atoms with Crippen LogP contribution in [0.2, 0.25) is 0 Å². The summed E-state index contributed by atoms with van der Waals surface area (Å²) in [5.41, 5.74) is 0. The highest BCUT2D eigenvalue weighted by Gasteiger charge is 2.19. The highest BCUT2D eigenvalue weighted by molar-refractivity contribution is 5.71. The van der Waals surface area contributed by atoms with Gasteiger partial charge in [0.1, 0.15) is 13.2 Å². The summed E-state index contributed by atoms with van der Waals surface area (Å²) >= 11 is 0. The van der Waals surface area contributed by atoms with Crippen LogP contribution >= 0.6 is 0 Å². The smallest absolute Gasteiger partial charge is 0.306 e. The number of hydrogen-bond donors (Lipinski definition) is 0. The van der Waals surface area contributed by atoms with Gasteiger partial charge in [-0.05, 0) is 109 Å². The molecule has 0 heterocycles. The first-order chi connectivity index (χ1) is 39.5. The van der Waals surface area contributed by atoms with E-state index in [0.717, 1.165) is 135 Å². The molecule has 80 heavy (non-hydrogen) atoms. The van der Waals surface area contributed by atoms with Crippen molar-refractivity contribution in [2.45, 2.75) is 316 Å². The topological polar surface area (TPSA) is 78.9 Å². The Hall–Kier alpha value is -4.19. The molecule has 6 heteroatoms. The monoisotopic (exact) mass is 1110 g/mol. The second kappa shape index (κ2) is 67.3. The van der Waals surface area contributed by atoms with Gasteiger partial charge in [-0.3, -0.25) is 14.4 Å². The van der Waals surface area contributed by atoms with Crippen molar-refractivity contribution in [1.82, 2.24) is 0 Å². The van der Waals surface area contributed by atoms with Gasteiger partial charge in [-0.15, -0.1) is 0 Å². The number of rotatable bonds is 60. The number of allylic oxidation sites excluding steroid dienone is 20. The fraction of sp³-hybridized carbons (Fsp3) is 0.689. The van der Waals surface area contributed by atoms with E-state index in [-0.39, 0.29) is 31.1 Å². The molecule has 0 fully saturated rings. The van der Waals surface area contributed by atoms with Gasteiger partial charge in [0.25, 0.3) is 0 Å². The standard InChI is InChI=1S/C74H124O6/c1-4-7-10-13-16-19-22-25-27-29-31-33-35-36-37-38-40-41-43-45-47-49-52-55-58-61-64-67-73(76)79-70-71(69-78-72(75)66-63-60-57-54-51-24-21-18-15-12-9-6-3)80-74(77)68-65-62-59-56-53-50-48-46-44-42-39-34-32-30-28-26-23-20-17-14-11-8-5-2/h7-8,10-11,16-17,19-20,25-28,31-34,42,44,48,50,71H,4-6,9,12-15,18,21-24,29-30,35-41,43,45-47,49,51-70H2,1-3H3/b10-7-,11-8-,19-16-,20-17-,27-25-,28-26-,33-31-,34-32-,44-42-,50-48-. The zero-order valence-electron chi connectivity index (χ0n) is 52.3. The van der Waals surface area contributed by atoms with E-state index in [0.29, 0.717) is 19.3 Å². The predicted molar refractivity (Wildman–Crippen MR) is 348 cm³/mol. The third-order valence-electron chi connectivity index (χ3n) is 14.2. The normalized spacial score (nSPS) is 12.9. The lowest BCUT2D eigenvalue weighted by atomic mass is 10.0. The van der Waals surface area contributed by atoms with Crippen molar-refractivity contribution in [3.63, 3.8) is 0 Å². The Kier molecular flexibility index (Phi) is 63.8. The third kappa shape index (κ3) is 64.6.